The molecule has 0 aliphatic rings. The van der Waals surface area contributed by atoms with E-state index in [1.54, 1.807) is 48.5 Å². The van der Waals surface area contributed by atoms with E-state index in [2.05, 4.69) is 21.3 Å². The molecule has 2 atom stereocenters. The van der Waals surface area contributed by atoms with Crippen LogP contribution in [0.5, 0.6) is 0 Å². The van der Waals surface area contributed by atoms with E-state index in [4.69, 9.17) is 0 Å². The maximum atomic E-state index is 12.6. The molecule has 0 aliphatic carbocycles. The van der Waals surface area contributed by atoms with Crippen LogP contribution in [0.25, 0.3) is 0 Å². The van der Waals surface area contributed by atoms with Crippen molar-refractivity contribution in [3.8, 4) is 0 Å². The molecule has 0 bridgehead atoms. The third-order valence-corrected chi connectivity index (χ3v) is 6.25. The maximum Gasteiger partial charge on any atom is 0.251 e. The van der Waals surface area contributed by atoms with Crippen LogP contribution < -0.4 is 21.3 Å². The number of hydrogen-bond acceptors (Lipinski definition) is 4. The molecule has 0 aromatic heterocycles. The summed E-state index contributed by atoms with van der Waals surface area (Å²) in [5.74, 6) is -0.985. The van der Waals surface area contributed by atoms with Crippen molar-refractivity contribution in [2.75, 3.05) is 13.1 Å². The smallest absolute Gasteiger partial charge is 0.251 e. The molecule has 0 fully saturated rings. The molecule has 0 unspecified atom stereocenters. The quantitative estimate of drug-likeness (QED) is 0.267. The van der Waals surface area contributed by atoms with E-state index in [0.717, 1.165) is 25.7 Å². The number of nitrogens with one attached hydrogen (secondary N) is 4. The first-order chi connectivity index (χ1) is 18.2. The van der Waals surface area contributed by atoms with E-state index in [0.29, 0.717) is 24.2 Å². The average molecular weight is 523 g/mol. The van der Waals surface area contributed by atoms with E-state index >= 15 is 0 Å². The number of amides is 4. The number of unbranched alkanes of at least 4 members (excludes halogenated alkanes) is 3. The summed E-state index contributed by atoms with van der Waals surface area (Å²) in [5, 5.41) is 11.5. The first-order valence-corrected chi connectivity index (χ1v) is 13.5. The molecular formula is C30H42N4O4. The van der Waals surface area contributed by atoms with Crippen LogP contribution in [0.3, 0.4) is 0 Å². The van der Waals surface area contributed by atoms with Crippen LogP contribution in [0, 0.1) is 11.8 Å². The average Bonchev–Trinajstić information content (AvgIpc) is 2.91. The van der Waals surface area contributed by atoms with Gasteiger partial charge in [-0.15, -0.1) is 0 Å². The second kappa shape index (κ2) is 16.2. The number of hydrogen-bond donors (Lipinski definition) is 4. The summed E-state index contributed by atoms with van der Waals surface area (Å²) < 4.78 is 0. The van der Waals surface area contributed by atoms with Gasteiger partial charge in [-0.05, 0) is 48.9 Å². The zero-order valence-electron chi connectivity index (χ0n) is 23.0. The molecule has 2 rings (SSSR count). The Kier molecular flexibility index (Phi) is 13.0. The number of rotatable bonds is 15. The molecule has 2 aromatic carbocycles. The molecule has 0 radical (unpaired) electrons. The number of carbonyl (C=O) groups excluding carboxylic acids is 4. The van der Waals surface area contributed by atoms with Crippen LogP contribution >= 0.6 is 0 Å². The van der Waals surface area contributed by atoms with Crippen molar-refractivity contribution in [1.29, 1.82) is 0 Å². The summed E-state index contributed by atoms with van der Waals surface area (Å²) in [6.07, 6.45) is 3.41. The Balaban J connectivity index is 1.64. The van der Waals surface area contributed by atoms with Crippen molar-refractivity contribution >= 4 is 23.6 Å². The van der Waals surface area contributed by atoms with Gasteiger partial charge in [-0.2, -0.15) is 0 Å². The Bertz CT molecular complexity index is 942. The Labute approximate surface area is 226 Å². The predicted octanol–water partition coefficient (Wildman–Crippen LogP) is 3.69. The molecule has 0 saturated carbocycles. The van der Waals surface area contributed by atoms with Gasteiger partial charge < -0.3 is 21.3 Å². The molecule has 8 heteroatoms. The molecule has 4 N–H and O–H groups in total. The van der Waals surface area contributed by atoms with Crippen molar-refractivity contribution in [2.45, 2.75) is 65.5 Å². The number of benzene rings is 2. The molecule has 38 heavy (non-hydrogen) atoms. The molecule has 2 aromatic rings. The highest BCUT2D eigenvalue weighted by Crippen LogP contribution is 2.07. The topological polar surface area (TPSA) is 116 Å². The fraction of sp³-hybridized carbons (Fsp3) is 0.467. The van der Waals surface area contributed by atoms with Crippen LogP contribution in [0.2, 0.25) is 0 Å². The minimum atomic E-state index is -0.603. The highest BCUT2D eigenvalue weighted by molar-refractivity contribution is 5.98. The van der Waals surface area contributed by atoms with Gasteiger partial charge in [0.25, 0.3) is 11.8 Å². The molecule has 0 spiro atoms. The summed E-state index contributed by atoms with van der Waals surface area (Å²) in [5.41, 5.74) is 1.05. The third kappa shape index (κ3) is 10.4. The Morgan fingerprint density at radius 1 is 0.553 bits per heavy atom. The summed E-state index contributed by atoms with van der Waals surface area (Å²) in [6, 6.07) is 16.5. The summed E-state index contributed by atoms with van der Waals surface area (Å²) in [7, 11) is 0. The minimum Gasteiger partial charge on any atom is -0.354 e. The van der Waals surface area contributed by atoms with Crippen molar-refractivity contribution in [3.05, 3.63) is 71.8 Å². The molecule has 8 nitrogen and oxygen atoms in total. The monoisotopic (exact) mass is 522 g/mol. The first-order valence-electron chi connectivity index (χ1n) is 13.5. The van der Waals surface area contributed by atoms with Crippen molar-refractivity contribution in [2.24, 2.45) is 11.8 Å². The molecule has 206 valence electrons. The highest BCUT2D eigenvalue weighted by atomic mass is 16.2. The van der Waals surface area contributed by atoms with Gasteiger partial charge in [0.15, 0.2) is 0 Å². The summed E-state index contributed by atoms with van der Waals surface area (Å²) >= 11 is 0. The molecular weight excluding hydrogens is 480 g/mol. The second-order valence-corrected chi connectivity index (χ2v) is 10.1. The Morgan fingerprint density at radius 3 is 1.21 bits per heavy atom. The van der Waals surface area contributed by atoms with Gasteiger partial charge in [0.2, 0.25) is 11.8 Å². The van der Waals surface area contributed by atoms with Crippen LogP contribution in [-0.2, 0) is 9.59 Å². The third-order valence-electron chi connectivity index (χ3n) is 6.25. The maximum absolute atomic E-state index is 12.6. The molecule has 4 amide bonds. The number of carbonyl (C=O) groups is 4. The predicted molar refractivity (Wildman–Crippen MR) is 150 cm³/mol. The lowest BCUT2D eigenvalue weighted by molar-refractivity contribution is -0.124. The molecule has 0 heterocycles. The Morgan fingerprint density at radius 2 is 0.895 bits per heavy atom. The van der Waals surface area contributed by atoms with E-state index in [1.165, 1.54) is 0 Å². The van der Waals surface area contributed by atoms with Crippen molar-refractivity contribution in [1.82, 2.24) is 21.3 Å². The van der Waals surface area contributed by atoms with Gasteiger partial charge in [-0.1, -0.05) is 76.9 Å². The van der Waals surface area contributed by atoms with E-state index < -0.39 is 12.1 Å². The van der Waals surface area contributed by atoms with Crippen LogP contribution in [0.1, 0.15) is 74.1 Å². The summed E-state index contributed by atoms with van der Waals surface area (Å²) in [4.78, 5) is 50.2. The summed E-state index contributed by atoms with van der Waals surface area (Å²) in [6.45, 7) is 8.66. The van der Waals surface area contributed by atoms with Gasteiger partial charge in [0, 0.05) is 24.2 Å². The Hall–Kier alpha value is -3.68. The zero-order chi connectivity index (χ0) is 27.9. The lowest BCUT2D eigenvalue weighted by Crippen LogP contribution is -2.50. The van der Waals surface area contributed by atoms with E-state index in [1.807, 2.05) is 39.8 Å². The van der Waals surface area contributed by atoms with Gasteiger partial charge in [-0.3, -0.25) is 19.2 Å². The van der Waals surface area contributed by atoms with E-state index in [-0.39, 0.29) is 35.5 Å². The zero-order valence-corrected chi connectivity index (χ0v) is 23.0. The van der Waals surface area contributed by atoms with Crippen LogP contribution in [0.15, 0.2) is 60.7 Å². The van der Waals surface area contributed by atoms with Gasteiger partial charge in [-0.25, -0.2) is 0 Å². The standard InChI is InChI=1S/C30H42N4O4/c1-21(2)25(33-27(35)23-15-9-7-10-16-23)29(37)31-19-13-5-6-14-20-32-30(38)26(22(3)4)34-28(36)24-17-11-8-12-18-24/h7-12,15-18,21-22,25-26H,5-6,13-14,19-20H2,1-4H3,(H,31,37)(H,32,38)(H,33,35)(H,34,36)/t25-,26-/m0/s1. The SMILES string of the molecule is CC(C)[C@H](NC(=O)c1ccccc1)C(=O)NCCCCCCNC(=O)[C@@H](NC(=O)c1ccccc1)C(C)C. The van der Waals surface area contributed by atoms with Gasteiger partial charge in [0.1, 0.15) is 12.1 Å². The van der Waals surface area contributed by atoms with Gasteiger partial charge >= 0.3 is 0 Å². The lowest BCUT2D eigenvalue weighted by Gasteiger charge is -2.22. The van der Waals surface area contributed by atoms with Crippen LogP contribution in [0.4, 0.5) is 0 Å². The minimum absolute atomic E-state index is 0.0431. The molecule has 0 aliphatic heterocycles. The fourth-order valence-corrected chi connectivity index (χ4v) is 3.94. The fourth-order valence-electron chi connectivity index (χ4n) is 3.94. The lowest BCUT2D eigenvalue weighted by atomic mass is 10.0. The second-order valence-electron chi connectivity index (χ2n) is 10.1. The van der Waals surface area contributed by atoms with Crippen molar-refractivity contribution in [3.63, 3.8) is 0 Å². The largest absolute Gasteiger partial charge is 0.354 e. The van der Waals surface area contributed by atoms with Crippen LogP contribution in [-0.4, -0.2) is 48.8 Å². The van der Waals surface area contributed by atoms with Gasteiger partial charge in [0.05, 0.1) is 0 Å². The highest BCUT2D eigenvalue weighted by Gasteiger charge is 2.25. The van der Waals surface area contributed by atoms with Crippen molar-refractivity contribution < 1.29 is 19.2 Å². The first kappa shape index (κ1) is 30.5. The molecule has 0 saturated heterocycles. The van der Waals surface area contributed by atoms with E-state index in [9.17, 15) is 19.2 Å². The normalized spacial score (nSPS) is 12.5.